The summed E-state index contributed by atoms with van der Waals surface area (Å²) in [6.07, 6.45) is -7.52. The second-order valence-electron chi connectivity index (χ2n) is 3.66. The molecule has 5 nitrogen and oxygen atoms in total. The number of halogens is 4. The molecular weight excluding hydrogens is 305 g/mol. The molecule has 0 bridgehead atoms. The average molecular weight is 315 g/mol. The highest BCUT2D eigenvalue weighted by atomic mass is 35.5. The van der Waals surface area contributed by atoms with E-state index < -0.39 is 24.9 Å². The Morgan fingerprint density at radius 2 is 2.05 bits per heavy atom. The molecule has 0 spiro atoms. The van der Waals surface area contributed by atoms with E-state index in [0.29, 0.717) is 0 Å². The van der Waals surface area contributed by atoms with Crippen LogP contribution >= 0.6 is 11.6 Å². The van der Waals surface area contributed by atoms with Crippen LogP contribution in [0.1, 0.15) is 10.4 Å². The van der Waals surface area contributed by atoms with Crippen LogP contribution in [0, 0.1) is 0 Å². The third kappa shape index (κ3) is 3.91. The summed E-state index contributed by atoms with van der Waals surface area (Å²) >= 11 is 5.72. The van der Waals surface area contributed by atoms with Gasteiger partial charge in [0.05, 0.1) is 17.7 Å². The van der Waals surface area contributed by atoms with Crippen LogP contribution < -0.4 is 9.47 Å². The van der Waals surface area contributed by atoms with E-state index in [0.717, 1.165) is 12.1 Å². The molecule has 0 aliphatic rings. The van der Waals surface area contributed by atoms with Gasteiger partial charge in [0.1, 0.15) is 6.61 Å². The minimum absolute atomic E-state index is 0.149. The number of aromatic carboxylic acids is 1. The quantitative estimate of drug-likeness (QED) is 0.872. The first kappa shape index (κ1) is 16.4. The smallest absolute Gasteiger partial charge is 0.417 e. The molecule has 1 rings (SSSR count). The minimum atomic E-state index is -4.83. The molecule has 1 unspecified atom stereocenters. The molecular formula is C11H10ClF3O5. The summed E-state index contributed by atoms with van der Waals surface area (Å²) in [6, 6.07) is 2.05. The first-order valence-electron chi connectivity index (χ1n) is 5.15. The third-order valence-corrected chi connectivity index (χ3v) is 2.52. The fraction of sp³-hybridized carbons (Fsp3) is 0.364. The van der Waals surface area contributed by atoms with Crippen LogP contribution in [0.25, 0.3) is 0 Å². The number of ether oxygens (including phenoxy) is 2. The van der Waals surface area contributed by atoms with Crippen molar-refractivity contribution in [3.05, 3.63) is 22.7 Å². The normalized spacial score (nSPS) is 12.9. The highest BCUT2D eigenvalue weighted by molar-refractivity contribution is 6.32. The van der Waals surface area contributed by atoms with Crippen LogP contribution in [-0.4, -0.2) is 42.2 Å². The van der Waals surface area contributed by atoms with Crippen molar-refractivity contribution >= 4 is 17.6 Å². The van der Waals surface area contributed by atoms with Crippen molar-refractivity contribution in [1.82, 2.24) is 0 Å². The number of aliphatic hydroxyl groups is 1. The topological polar surface area (TPSA) is 76.0 Å². The Morgan fingerprint density at radius 1 is 1.45 bits per heavy atom. The van der Waals surface area contributed by atoms with Crippen molar-refractivity contribution in [3.63, 3.8) is 0 Å². The van der Waals surface area contributed by atoms with Crippen molar-refractivity contribution in [2.45, 2.75) is 12.3 Å². The summed E-state index contributed by atoms with van der Waals surface area (Å²) in [4.78, 5) is 10.8. The monoisotopic (exact) mass is 314 g/mol. The third-order valence-electron chi connectivity index (χ3n) is 2.24. The standard InChI is InChI=1S/C11H10ClF3O5/c1-19-7-3-5(10(17)18)2-6(12)9(7)20-4-8(16)11(13,14)15/h2-3,8,16H,4H2,1H3,(H,17,18). The Kier molecular flexibility index (Phi) is 5.07. The SMILES string of the molecule is COc1cc(C(=O)O)cc(Cl)c1OCC(O)C(F)(F)F. The lowest BCUT2D eigenvalue weighted by Gasteiger charge is -2.17. The fourth-order valence-electron chi connectivity index (χ4n) is 1.24. The lowest BCUT2D eigenvalue weighted by Crippen LogP contribution is -2.34. The van der Waals surface area contributed by atoms with Gasteiger partial charge in [-0.05, 0) is 12.1 Å². The van der Waals surface area contributed by atoms with Crippen molar-refractivity contribution < 1.29 is 37.7 Å². The van der Waals surface area contributed by atoms with Gasteiger partial charge in [-0.15, -0.1) is 0 Å². The van der Waals surface area contributed by atoms with Crippen molar-refractivity contribution in [1.29, 1.82) is 0 Å². The zero-order valence-corrected chi connectivity index (χ0v) is 10.8. The average Bonchev–Trinajstić information content (AvgIpc) is 2.34. The van der Waals surface area contributed by atoms with Crippen LogP contribution in [0.3, 0.4) is 0 Å². The molecule has 1 aromatic rings. The second-order valence-corrected chi connectivity index (χ2v) is 4.07. The molecule has 20 heavy (non-hydrogen) atoms. The Bertz CT molecular complexity index is 504. The van der Waals surface area contributed by atoms with Crippen LogP contribution in [0.15, 0.2) is 12.1 Å². The zero-order valence-electron chi connectivity index (χ0n) is 10.1. The number of hydrogen-bond donors (Lipinski definition) is 2. The van der Waals surface area contributed by atoms with Crippen molar-refractivity contribution in [2.75, 3.05) is 13.7 Å². The molecule has 1 aromatic carbocycles. The van der Waals surface area contributed by atoms with E-state index in [1.165, 1.54) is 7.11 Å². The molecule has 0 aliphatic heterocycles. The molecule has 1 atom stereocenters. The first-order chi connectivity index (χ1) is 9.16. The molecule has 112 valence electrons. The first-order valence-corrected chi connectivity index (χ1v) is 5.53. The summed E-state index contributed by atoms with van der Waals surface area (Å²) < 4.78 is 46.0. The van der Waals surface area contributed by atoms with Gasteiger partial charge >= 0.3 is 12.1 Å². The largest absolute Gasteiger partial charge is 0.493 e. The highest BCUT2D eigenvalue weighted by Crippen LogP contribution is 2.37. The van der Waals surface area contributed by atoms with Crippen LogP contribution in [0.2, 0.25) is 5.02 Å². The van der Waals surface area contributed by atoms with E-state index in [4.69, 9.17) is 31.3 Å². The second kappa shape index (κ2) is 6.19. The van der Waals surface area contributed by atoms with Gasteiger partial charge in [-0.3, -0.25) is 0 Å². The fourth-order valence-corrected chi connectivity index (χ4v) is 1.51. The van der Waals surface area contributed by atoms with E-state index in [2.05, 4.69) is 0 Å². The zero-order chi connectivity index (χ0) is 15.5. The van der Waals surface area contributed by atoms with E-state index in [-0.39, 0.29) is 22.1 Å². The van der Waals surface area contributed by atoms with Crippen molar-refractivity contribution in [3.8, 4) is 11.5 Å². The Labute approximate surface area is 116 Å². The van der Waals surface area contributed by atoms with Crippen LogP contribution in [0.4, 0.5) is 13.2 Å². The maximum atomic E-state index is 12.1. The number of carboxylic acid groups (broad SMARTS) is 1. The van der Waals surface area contributed by atoms with Gasteiger partial charge in [0.25, 0.3) is 0 Å². The molecule has 0 aromatic heterocycles. The Balaban J connectivity index is 2.98. The number of hydrogen-bond acceptors (Lipinski definition) is 4. The molecule has 0 aliphatic carbocycles. The number of aliphatic hydroxyl groups excluding tert-OH is 1. The molecule has 0 radical (unpaired) electrons. The van der Waals surface area contributed by atoms with E-state index in [1.807, 2.05) is 0 Å². The van der Waals surface area contributed by atoms with Gasteiger partial charge in [0.2, 0.25) is 0 Å². The number of methoxy groups -OCH3 is 1. The van der Waals surface area contributed by atoms with Crippen LogP contribution in [-0.2, 0) is 0 Å². The van der Waals surface area contributed by atoms with Crippen LogP contribution in [0.5, 0.6) is 11.5 Å². The van der Waals surface area contributed by atoms with Gasteiger partial charge in [-0.25, -0.2) is 4.79 Å². The lowest BCUT2D eigenvalue weighted by molar-refractivity contribution is -0.210. The minimum Gasteiger partial charge on any atom is -0.493 e. The Morgan fingerprint density at radius 3 is 2.50 bits per heavy atom. The summed E-state index contributed by atoms with van der Waals surface area (Å²) in [6.45, 7) is -1.09. The van der Waals surface area contributed by atoms with E-state index in [9.17, 15) is 18.0 Å². The number of alkyl halides is 3. The molecule has 0 fully saturated rings. The van der Waals surface area contributed by atoms with Gasteiger partial charge in [0.15, 0.2) is 17.6 Å². The number of carbonyl (C=O) groups is 1. The molecule has 0 heterocycles. The summed E-state index contributed by atoms with van der Waals surface area (Å²) in [7, 11) is 1.17. The number of rotatable bonds is 5. The Hall–Kier alpha value is -1.67. The van der Waals surface area contributed by atoms with Gasteiger partial charge < -0.3 is 19.7 Å². The van der Waals surface area contributed by atoms with E-state index >= 15 is 0 Å². The highest BCUT2D eigenvalue weighted by Gasteiger charge is 2.39. The predicted octanol–water partition coefficient (Wildman–Crippen LogP) is 2.35. The predicted molar refractivity (Wildman–Crippen MR) is 62.5 cm³/mol. The maximum absolute atomic E-state index is 12.1. The molecule has 0 amide bonds. The molecule has 9 heteroatoms. The molecule has 2 N–H and O–H groups in total. The van der Waals surface area contributed by atoms with Gasteiger partial charge in [0, 0.05) is 0 Å². The van der Waals surface area contributed by atoms with E-state index in [1.54, 1.807) is 0 Å². The van der Waals surface area contributed by atoms with Gasteiger partial charge in [-0.2, -0.15) is 13.2 Å². The summed E-state index contributed by atoms with van der Waals surface area (Å²) in [5.41, 5.74) is -0.212. The lowest BCUT2D eigenvalue weighted by atomic mass is 10.2. The van der Waals surface area contributed by atoms with Crippen molar-refractivity contribution in [2.24, 2.45) is 0 Å². The molecule has 0 saturated carbocycles. The number of benzene rings is 1. The summed E-state index contributed by atoms with van der Waals surface area (Å²) in [5.74, 6) is -1.71. The summed E-state index contributed by atoms with van der Waals surface area (Å²) in [5, 5.41) is 17.4. The van der Waals surface area contributed by atoms with Gasteiger partial charge in [-0.1, -0.05) is 11.6 Å². The maximum Gasteiger partial charge on any atom is 0.417 e. The number of carboxylic acids is 1. The molecule has 0 saturated heterocycles.